The number of carbonyl (C=O) groups excluding carboxylic acids is 4. The summed E-state index contributed by atoms with van der Waals surface area (Å²) in [5, 5.41) is 8.71. The highest BCUT2D eigenvalue weighted by Crippen LogP contribution is 2.29. The molecular formula is C26H34N4O7S. The fraction of sp³-hybridized carbons (Fsp3) is 0.500. The zero-order chi connectivity index (χ0) is 27.7. The Kier molecular flexibility index (Phi) is 10.5. The lowest BCUT2D eigenvalue weighted by atomic mass is 9.95. The molecule has 2 heterocycles. The number of Topliss-reactive ketones (excluding diaryl/α,β-unsaturated/α-hetero) is 1. The van der Waals surface area contributed by atoms with Crippen LogP contribution in [-0.4, -0.2) is 86.3 Å². The van der Waals surface area contributed by atoms with Gasteiger partial charge in [0.05, 0.1) is 37.1 Å². The molecule has 0 spiro atoms. The molecule has 3 N–H and O–H groups in total. The van der Waals surface area contributed by atoms with E-state index >= 15 is 0 Å². The molecule has 1 aliphatic rings. The van der Waals surface area contributed by atoms with Gasteiger partial charge >= 0.3 is 0 Å². The number of carbonyl (C=O) groups is 4. The van der Waals surface area contributed by atoms with Gasteiger partial charge in [-0.1, -0.05) is 30.3 Å². The molecule has 0 radical (unpaired) electrons. The number of ketones is 1. The summed E-state index contributed by atoms with van der Waals surface area (Å²) in [4.78, 5) is 56.4. The highest BCUT2D eigenvalue weighted by Gasteiger charge is 2.50. The third-order valence-corrected chi connectivity index (χ3v) is 6.97. The van der Waals surface area contributed by atoms with Crippen LogP contribution in [0.4, 0.5) is 0 Å². The number of benzene rings is 1. The zero-order valence-corrected chi connectivity index (χ0v) is 22.8. The average molecular weight is 547 g/mol. The fourth-order valence-corrected chi connectivity index (χ4v) is 4.46. The minimum absolute atomic E-state index is 0.120. The maximum atomic E-state index is 13.2. The summed E-state index contributed by atoms with van der Waals surface area (Å²) < 4.78 is 15.6. The van der Waals surface area contributed by atoms with E-state index in [1.54, 1.807) is 13.8 Å². The van der Waals surface area contributed by atoms with Crippen LogP contribution in [0.5, 0.6) is 0 Å². The largest absolute Gasteiger partial charge is 0.382 e. The summed E-state index contributed by atoms with van der Waals surface area (Å²) in [6, 6.07) is 6.61. The summed E-state index contributed by atoms with van der Waals surface area (Å²) in [6.45, 7) is 3.48. The van der Waals surface area contributed by atoms with Crippen molar-refractivity contribution >= 4 is 34.8 Å². The smallest absolute Gasteiger partial charge is 0.263 e. The quantitative estimate of drug-likeness (QED) is 0.278. The molecule has 11 nitrogen and oxygen atoms in total. The zero-order valence-electron chi connectivity index (χ0n) is 21.9. The second-order valence-corrected chi connectivity index (χ2v) is 10.4. The van der Waals surface area contributed by atoms with Crippen molar-refractivity contribution in [3.8, 4) is 0 Å². The number of rotatable bonds is 15. The van der Waals surface area contributed by atoms with Crippen LogP contribution in [0.1, 0.15) is 33.6 Å². The molecule has 1 saturated heterocycles. The van der Waals surface area contributed by atoms with Crippen molar-refractivity contribution in [1.29, 1.82) is 0 Å². The van der Waals surface area contributed by atoms with Crippen molar-refractivity contribution < 1.29 is 33.4 Å². The van der Waals surface area contributed by atoms with Gasteiger partial charge in [0, 0.05) is 14.2 Å². The standard InChI is InChI=1S/C26H34N4O7S/c1-16-27-12-21(38-16)25(34)30-20(14-36-4)24(33)29-19(13-35-3)23(32)28-18(22(31)26(2)15-37-26)11-10-17-8-6-5-7-9-17/h5-9,12,18-20H,10-11,13-15H2,1-4H3,(H,28,32)(H,29,33)(H,30,34)/t18-,19-,20-,26+/m0/s1. The van der Waals surface area contributed by atoms with Gasteiger partial charge in [-0.25, -0.2) is 4.98 Å². The van der Waals surface area contributed by atoms with E-state index in [2.05, 4.69) is 20.9 Å². The molecule has 2 aromatic rings. The maximum absolute atomic E-state index is 13.2. The number of thiazole rings is 1. The van der Waals surface area contributed by atoms with Gasteiger partial charge in [-0.05, 0) is 32.3 Å². The predicted octanol–water partition coefficient (Wildman–Crippen LogP) is 0.803. The number of methoxy groups -OCH3 is 2. The van der Waals surface area contributed by atoms with E-state index in [-0.39, 0.29) is 19.0 Å². The first-order chi connectivity index (χ1) is 18.2. The minimum atomic E-state index is -1.12. The number of aryl methyl sites for hydroxylation is 2. The third kappa shape index (κ3) is 8.15. The molecule has 3 rings (SSSR count). The van der Waals surface area contributed by atoms with Gasteiger partial charge in [0.1, 0.15) is 22.6 Å². The lowest BCUT2D eigenvalue weighted by molar-refractivity contribution is -0.134. The van der Waals surface area contributed by atoms with Gasteiger partial charge in [0.15, 0.2) is 5.78 Å². The number of hydrogen-bond donors (Lipinski definition) is 3. The Morgan fingerprint density at radius 2 is 1.58 bits per heavy atom. The molecule has 0 unspecified atom stereocenters. The highest BCUT2D eigenvalue weighted by molar-refractivity contribution is 7.13. The Hall–Kier alpha value is -3.19. The van der Waals surface area contributed by atoms with Crippen molar-refractivity contribution in [2.75, 3.05) is 34.0 Å². The molecule has 1 aliphatic heterocycles. The van der Waals surface area contributed by atoms with Gasteiger partial charge in [0.2, 0.25) is 11.8 Å². The SMILES string of the molecule is COC[C@H](NC(=O)c1cnc(C)s1)C(=O)N[C@@H](COC)C(=O)N[C@@H](CCc1ccccc1)C(=O)[C@@]1(C)CO1. The normalized spacial score (nSPS) is 18.6. The summed E-state index contributed by atoms with van der Waals surface area (Å²) in [5.74, 6) is -1.93. The summed E-state index contributed by atoms with van der Waals surface area (Å²) in [6.07, 6.45) is 2.35. The lowest BCUT2D eigenvalue weighted by Gasteiger charge is -2.25. The third-order valence-electron chi connectivity index (χ3n) is 6.06. The molecule has 12 heteroatoms. The molecule has 0 aliphatic carbocycles. The van der Waals surface area contributed by atoms with E-state index in [4.69, 9.17) is 14.2 Å². The first-order valence-electron chi connectivity index (χ1n) is 12.2. The number of nitrogens with zero attached hydrogens (tertiary/aromatic N) is 1. The van der Waals surface area contributed by atoms with Crippen LogP contribution in [0.25, 0.3) is 0 Å². The van der Waals surface area contributed by atoms with Gasteiger partial charge in [-0.2, -0.15) is 0 Å². The van der Waals surface area contributed by atoms with Gasteiger partial charge in [-0.15, -0.1) is 11.3 Å². The van der Waals surface area contributed by atoms with Crippen molar-refractivity contribution in [2.45, 2.75) is 50.4 Å². The van der Waals surface area contributed by atoms with E-state index in [9.17, 15) is 19.2 Å². The Bertz CT molecular complexity index is 1120. The second kappa shape index (κ2) is 13.6. The summed E-state index contributed by atoms with van der Waals surface area (Å²) in [5.41, 5.74) is 0.0924. The second-order valence-electron chi connectivity index (χ2n) is 9.21. The summed E-state index contributed by atoms with van der Waals surface area (Å²) >= 11 is 1.19. The Morgan fingerprint density at radius 1 is 1.00 bits per heavy atom. The number of amides is 3. The van der Waals surface area contributed by atoms with Crippen LogP contribution < -0.4 is 16.0 Å². The monoisotopic (exact) mass is 546 g/mol. The molecule has 4 atom stereocenters. The van der Waals surface area contributed by atoms with Crippen LogP contribution in [0.2, 0.25) is 0 Å². The van der Waals surface area contributed by atoms with Crippen LogP contribution in [0, 0.1) is 6.92 Å². The molecule has 206 valence electrons. The van der Waals surface area contributed by atoms with Crippen molar-refractivity contribution in [3.05, 3.63) is 52.0 Å². The Labute approximate surface area is 225 Å². The van der Waals surface area contributed by atoms with E-state index in [0.717, 1.165) is 5.56 Å². The number of ether oxygens (including phenoxy) is 3. The molecule has 1 aromatic heterocycles. The molecule has 3 amide bonds. The van der Waals surface area contributed by atoms with E-state index in [0.29, 0.717) is 29.3 Å². The number of nitrogens with one attached hydrogen (secondary N) is 3. The van der Waals surface area contributed by atoms with Gasteiger partial charge in [0.25, 0.3) is 5.91 Å². The summed E-state index contributed by atoms with van der Waals surface area (Å²) in [7, 11) is 2.79. The van der Waals surface area contributed by atoms with E-state index < -0.39 is 41.4 Å². The minimum Gasteiger partial charge on any atom is -0.382 e. The fourth-order valence-electron chi connectivity index (χ4n) is 3.78. The van der Waals surface area contributed by atoms with E-state index in [1.165, 1.54) is 31.8 Å². The first-order valence-corrected chi connectivity index (χ1v) is 13.0. The molecule has 0 saturated carbocycles. The maximum Gasteiger partial charge on any atom is 0.263 e. The van der Waals surface area contributed by atoms with E-state index in [1.807, 2.05) is 30.3 Å². The van der Waals surface area contributed by atoms with Crippen molar-refractivity contribution in [1.82, 2.24) is 20.9 Å². The molecular weight excluding hydrogens is 512 g/mol. The van der Waals surface area contributed by atoms with Crippen LogP contribution in [0.3, 0.4) is 0 Å². The van der Waals surface area contributed by atoms with Gasteiger partial charge < -0.3 is 30.2 Å². The van der Waals surface area contributed by atoms with Crippen molar-refractivity contribution in [2.24, 2.45) is 0 Å². The van der Waals surface area contributed by atoms with Crippen LogP contribution >= 0.6 is 11.3 Å². The van der Waals surface area contributed by atoms with Crippen LogP contribution in [0.15, 0.2) is 36.5 Å². The number of epoxide rings is 1. The van der Waals surface area contributed by atoms with Crippen molar-refractivity contribution in [3.63, 3.8) is 0 Å². The molecule has 38 heavy (non-hydrogen) atoms. The Balaban J connectivity index is 1.67. The predicted molar refractivity (Wildman–Crippen MR) is 140 cm³/mol. The number of aromatic nitrogens is 1. The van der Waals surface area contributed by atoms with Gasteiger partial charge in [-0.3, -0.25) is 19.2 Å². The average Bonchev–Trinajstić information content (AvgIpc) is 3.51. The molecule has 1 fully saturated rings. The first kappa shape index (κ1) is 29.4. The number of hydrogen-bond acceptors (Lipinski definition) is 9. The lowest BCUT2D eigenvalue weighted by Crippen LogP contribution is -2.58. The molecule has 0 bridgehead atoms. The Morgan fingerprint density at radius 3 is 2.11 bits per heavy atom. The van der Waals surface area contributed by atoms with Crippen LogP contribution in [-0.2, 0) is 35.0 Å². The topological polar surface area (TPSA) is 148 Å². The molecule has 1 aromatic carbocycles. The highest BCUT2D eigenvalue weighted by atomic mass is 32.1.